The number of amides is 1. The predicted octanol–water partition coefficient (Wildman–Crippen LogP) is 1.29. The van der Waals surface area contributed by atoms with Crippen molar-refractivity contribution in [1.29, 1.82) is 0 Å². The molecule has 0 saturated heterocycles. The maximum Gasteiger partial charge on any atom is 0.249 e. The summed E-state index contributed by atoms with van der Waals surface area (Å²) < 4.78 is 17.8. The van der Waals surface area contributed by atoms with Crippen molar-refractivity contribution < 1.29 is 13.9 Å². The van der Waals surface area contributed by atoms with Gasteiger partial charge in [-0.25, -0.2) is 4.39 Å². The van der Waals surface area contributed by atoms with E-state index >= 15 is 0 Å². The zero-order valence-corrected chi connectivity index (χ0v) is 7.94. The van der Waals surface area contributed by atoms with Gasteiger partial charge in [0, 0.05) is 11.1 Å². The highest BCUT2D eigenvalue weighted by molar-refractivity contribution is 6.19. The van der Waals surface area contributed by atoms with Crippen molar-refractivity contribution in [3.63, 3.8) is 0 Å². The first-order chi connectivity index (χ1) is 7.22. The first kappa shape index (κ1) is 9.71. The molecule has 1 atom stereocenters. The zero-order chi connectivity index (χ0) is 10.8. The van der Waals surface area contributed by atoms with E-state index in [-0.39, 0.29) is 0 Å². The molecule has 1 aromatic carbocycles. The third-order valence-electron chi connectivity index (χ3n) is 2.23. The summed E-state index contributed by atoms with van der Waals surface area (Å²) in [5.41, 5.74) is 6.15. The van der Waals surface area contributed by atoms with Gasteiger partial charge in [-0.05, 0) is 12.1 Å². The highest BCUT2D eigenvalue weighted by atomic mass is 19.1. The summed E-state index contributed by atoms with van der Waals surface area (Å²) in [5, 5.41) is 0. The molecule has 1 aromatic rings. The van der Waals surface area contributed by atoms with Crippen LogP contribution < -0.4 is 10.5 Å². The van der Waals surface area contributed by atoms with Crippen molar-refractivity contribution in [3.05, 3.63) is 35.9 Å². The van der Waals surface area contributed by atoms with E-state index in [9.17, 15) is 9.18 Å². The quantitative estimate of drug-likeness (QED) is 0.794. The van der Waals surface area contributed by atoms with E-state index in [0.717, 1.165) is 0 Å². The van der Waals surface area contributed by atoms with Gasteiger partial charge in [-0.2, -0.15) is 0 Å². The molecule has 1 aliphatic heterocycles. The van der Waals surface area contributed by atoms with Gasteiger partial charge in [0.05, 0.1) is 0 Å². The van der Waals surface area contributed by atoms with Gasteiger partial charge < -0.3 is 10.5 Å². The topological polar surface area (TPSA) is 52.3 Å². The molecule has 78 valence electrons. The van der Waals surface area contributed by atoms with Gasteiger partial charge in [-0.15, -0.1) is 0 Å². The summed E-state index contributed by atoms with van der Waals surface area (Å²) >= 11 is 0. The van der Waals surface area contributed by atoms with Gasteiger partial charge in [0.25, 0.3) is 0 Å². The molecule has 1 unspecified atom stereocenters. The highest BCUT2D eigenvalue weighted by Crippen LogP contribution is 2.31. The molecule has 2 N–H and O–H groups in total. The van der Waals surface area contributed by atoms with Crippen molar-refractivity contribution >= 4 is 11.5 Å². The molecule has 0 aliphatic carbocycles. The number of para-hydroxylation sites is 1. The molecule has 0 aromatic heterocycles. The molecule has 1 amide bonds. The van der Waals surface area contributed by atoms with Crippen LogP contribution >= 0.6 is 0 Å². The number of nitrogens with two attached hydrogens (primary N) is 1. The summed E-state index contributed by atoms with van der Waals surface area (Å²) in [6.45, 7) is -0.675. The third kappa shape index (κ3) is 1.70. The Morgan fingerprint density at radius 3 is 2.87 bits per heavy atom. The number of fused-ring (bicyclic) bond motifs is 1. The minimum Gasteiger partial charge on any atom is -0.483 e. The number of primary amides is 1. The lowest BCUT2D eigenvalue weighted by Gasteiger charge is -2.22. The van der Waals surface area contributed by atoms with E-state index in [0.29, 0.717) is 16.9 Å². The predicted molar refractivity (Wildman–Crippen MR) is 54.0 cm³/mol. The third-order valence-corrected chi connectivity index (χ3v) is 2.23. The standard InChI is InChI=1S/C11H10FNO2/c12-6-7-5-9(11(13)14)8-3-1-2-4-10(8)15-7/h1-5,7H,6H2,(H2,13,14). The van der Waals surface area contributed by atoms with E-state index < -0.39 is 18.7 Å². The van der Waals surface area contributed by atoms with Gasteiger partial charge in [-0.3, -0.25) is 4.79 Å². The minimum atomic E-state index is -0.720. The number of carbonyl (C=O) groups excluding carboxylic acids is 1. The second-order valence-electron chi connectivity index (χ2n) is 3.25. The molecule has 0 spiro atoms. The van der Waals surface area contributed by atoms with Crippen LogP contribution in [0.2, 0.25) is 0 Å². The Bertz CT molecular complexity index is 428. The van der Waals surface area contributed by atoms with E-state index in [2.05, 4.69) is 0 Å². The van der Waals surface area contributed by atoms with Crippen LogP contribution in [0.25, 0.3) is 5.57 Å². The van der Waals surface area contributed by atoms with Crippen LogP contribution in [0.1, 0.15) is 5.56 Å². The summed E-state index contributed by atoms with van der Waals surface area (Å²) in [6, 6.07) is 6.95. The lowest BCUT2D eigenvalue weighted by atomic mass is 10.00. The molecule has 2 rings (SSSR count). The van der Waals surface area contributed by atoms with Crippen LogP contribution in [0.3, 0.4) is 0 Å². The zero-order valence-electron chi connectivity index (χ0n) is 7.94. The molecular weight excluding hydrogens is 197 g/mol. The molecule has 0 fully saturated rings. The molecule has 0 radical (unpaired) electrons. The molecule has 1 aliphatic rings. The Balaban J connectivity index is 2.50. The Labute approximate surface area is 86.3 Å². The van der Waals surface area contributed by atoms with Crippen LogP contribution in [0.5, 0.6) is 5.75 Å². The largest absolute Gasteiger partial charge is 0.483 e. The number of alkyl halides is 1. The number of carbonyl (C=O) groups is 1. The van der Waals surface area contributed by atoms with Gasteiger partial charge in [0.2, 0.25) is 5.91 Å². The summed E-state index contributed by atoms with van der Waals surface area (Å²) in [5.74, 6) is -0.0688. The van der Waals surface area contributed by atoms with Crippen LogP contribution in [0.15, 0.2) is 30.3 Å². The first-order valence-electron chi connectivity index (χ1n) is 4.56. The maximum absolute atomic E-state index is 12.5. The second kappa shape index (κ2) is 3.73. The van der Waals surface area contributed by atoms with Crippen molar-refractivity contribution in [2.45, 2.75) is 6.10 Å². The Kier molecular flexibility index (Phi) is 2.41. The lowest BCUT2D eigenvalue weighted by molar-refractivity contribution is -0.112. The lowest BCUT2D eigenvalue weighted by Crippen LogP contribution is -2.25. The molecule has 4 heteroatoms. The number of ether oxygens (including phenoxy) is 1. The summed E-state index contributed by atoms with van der Waals surface area (Å²) in [7, 11) is 0. The number of hydrogen-bond acceptors (Lipinski definition) is 2. The van der Waals surface area contributed by atoms with Crippen molar-refractivity contribution in [3.8, 4) is 5.75 Å². The average Bonchev–Trinajstić information content (AvgIpc) is 2.27. The molecule has 0 saturated carbocycles. The summed E-state index contributed by atoms with van der Waals surface area (Å²) in [4.78, 5) is 11.2. The van der Waals surface area contributed by atoms with Gasteiger partial charge in [0.15, 0.2) is 0 Å². The molecular formula is C11H10FNO2. The first-order valence-corrected chi connectivity index (χ1v) is 4.56. The average molecular weight is 207 g/mol. The van der Waals surface area contributed by atoms with Crippen LogP contribution in [-0.2, 0) is 4.79 Å². The fourth-order valence-electron chi connectivity index (χ4n) is 1.56. The van der Waals surface area contributed by atoms with Crippen LogP contribution in [-0.4, -0.2) is 18.7 Å². The molecule has 15 heavy (non-hydrogen) atoms. The monoisotopic (exact) mass is 207 g/mol. The fraction of sp³-hybridized carbons (Fsp3) is 0.182. The molecule has 1 heterocycles. The maximum atomic E-state index is 12.5. The fourth-order valence-corrected chi connectivity index (χ4v) is 1.56. The smallest absolute Gasteiger partial charge is 0.249 e. The number of benzene rings is 1. The van der Waals surface area contributed by atoms with Gasteiger partial charge in [0.1, 0.15) is 18.5 Å². The van der Waals surface area contributed by atoms with E-state index in [1.54, 1.807) is 24.3 Å². The molecule has 0 bridgehead atoms. The van der Waals surface area contributed by atoms with E-state index in [1.165, 1.54) is 6.08 Å². The van der Waals surface area contributed by atoms with Crippen molar-refractivity contribution in [2.75, 3.05) is 6.67 Å². The van der Waals surface area contributed by atoms with Crippen molar-refractivity contribution in [1.82, 2.24) is 0 Å². The highest BCUT2D eigenvalue weighted by Gasteiger charge is 2.22. The van der Waals surface area contributed by atoms with Crippen LogP contribution in [0.4, 0.5) is 4.39 Å². The Morgan fingerprint density at radius 1 is 1.47 bits per heavy atom. The van der Waals surface area contributed by atoms with Crippen LogP contribution in [0, 0.1) is 0 Å². The number of rotatable bonds is 2. The molecule has 3 nitrogen and oxygen atoms in total. The van der Waals surface area contributed by atoms with Crippen molar-refractivity contribution in [2.24, 2.45) is 5.73 Å². The Hall–Kier alpha value is -1.84. The number of halogens is 1. The Morgan fingerprint density at radius 2 is 2.20 bits per heavy atom. The summed E-state index contributed by atoms with van der Waals surface area (Å²) in [6.07, 6.45) is 0.701. The number of hydrogen-bond donors (Lipinski definition) is 1. The van der Waals surface area contributed by atoms with E-state index in [4.69, 9.17) is 10.5 Å². The minimum absolute atomic E-state index is 0.319. The van der Waals surface area contributed by atoms with Gasteiger partial charge in [-0.1, -0.05) is 18.2 Å². The van der Waals surface area contributed by atoms with Gasteiger partial charge >= 0.3 is 0 Å². The van der Waals surface area contributed by atoms with E-state index in [1.807, 2.05) is 0 Å². The SMILES string of the molecule is NC(=O)C1=CC(CF)Oc2ccccc21. The second-order valence-corrected chi connectivity index (χ2v) is 3.25. The normalized spacial score (nSPS) is 18.7.